The lowest BCUT2D eigenvalue weighted by Gasteiger charge is -2.15. The fraction of sp³-hybridized carbons (Fsp3) is 0.375. The third kappa shape index (κ3) is 3.86. The summed E-state index contributed by atoms with van der Waals surface area (Å²) in [5, 5.41) is 17.9. The molecule has 1 aliphatic carbocycles. The van der Waals surface area contributed by atoms with Gasteiger partial charge in [0.05, 0.1) is 23.4 Å². The summed E-state index contributed by atoms with van der Waals surface area (Å²) in [6, 6.07) is 2.65. The number of hydrogen-bond donors (Lipinski definition) is 2. The highest BCUT2D eigenvalue weighted by Gasteiger charge is 2.22. The molecule has 1 saturated carbocycles. The molecule has 27 heavy (non-hydrogen) atoms. The topological polar surface area (TPSA) is 155 Å². The Morgan fingerprint density at radius 3 is 2.70 bits per heavy atom. The van der Waals surface area contributed by atoms with Gasteiger partial charge in [0.2, 0.25) is 5.91 Å². The van der Waals surface area contributed by atoms with Crippen molar-refractivity contribution in [3.8, 4) is 0 Å². The summed E-state index contributed by atoms with van der Waals surface area (Å²) in [5.41, 5.74) is 3.17. The lowest BCUT2D eigenvalue weighted by atomic mass is 10.2. The molecule has 3 rings (SSSR count). The molecular formula is C16H18N6O5. The van der Waals surface area contributed by atoms with Crippen molar-refractivity contribution < 1.29 is 14.5 Å². The summed E-state index contributed by atoms with van der Waals surface area (Å²) in [6.45, 7) is -0.503. The zero-order valence-electron chi connectivity index (χ0n) is 14.3. The normalized spacial score (nSPS) is 14.2. The number of carbonyl (C=O) groups is 2. The van der Waals surface area contributed by atoms with Crippen LogP contribution >= 0.6 is 0 Å². The molecule has 11 heteroatoms. The van der Waals surface area contributed by atoms with Crippen molar-refractivity contribution in [1.29, 1.82) is 0 Å². The SMILES string of the molecule is NC(=O)c1cc([N+](=O)[O-])cn(CC(=O)Nc2ccnn2C2CCCC2)c1=O. The maximum absolute atomic E-state index is 12.4. The number of carbonyl (C=O) groups excluding carboxylic acids is 2. The number of nitro groups is 1. The molecule has 2 aromatic rings. The molecule has 2 amide bonds. The molecule has 2 aromatic heterocycles. The number of amides is 2. The van der Waals surface area contributed by atoms with E-state index in [2.05, 4.69) is 10.4 Å². The minimum absolute atomic E-state index is 0.206. The third-order valence-electron chi connectivity index (χ3n) is 4.47. The number of rotatable bonds is 6. The summed E-state index contributed by atoms with van der Waals surface area (Å²) in [5.74, 6) is -1.19. The summed E-state index contributed by atoms with van der Waals surface area (Å²) in [7, 11) is 0. The Morgan fingerprint density at radius 1 is 1.37 bits per heavy atom. The molecule has 0 aromatic carbocycles. The van der Waals surface area contributed by atoms with Gasteiger partial charge in [-0.05, 0) is 12.8 Å². The molecule has 0 saturated heterocycles. The zero-order valence-corrected chi connectivity index (χ0v) is 14.3. The van der Waals surface area contributed by atoms with E-state index < -0.39 is 40.1 Å². The standard InChI is InChI=1S/C16H18N6O5/c17-15(24)12-7-11(22(26)27)8-20(16(12)25)9-14(23)19-13-5-6-18-21(13)10-3-1-2-4-10/h5-8,10H,1-4,9H2,(H2,17,24)(H,19,23). The Hall–Kier alpha value is -3.50. The number of aromatic nitrogens is 3. The lowest BCUT2D eigenvalue weighted by Crippen LogP contribution is -2.33. The second-order valence-corrected chi connectivity index (χ2v) is 6.31. The predicted octanol–water partition coefficient (Wildman–Crippen LogP) is 0.806. The van der Waals surface area contributed by atoms with E-state index >= 15 is 0 Å². The molecule has 0 spiro atoms. The van der Waals surface area contributed by atoms with Gasteiger partial charge in [-0.25, -0.2) is 4.68 Å². The smallest absolute Gasteiger partial charge is 0.286 e. The largest absolute Gasteiger partial charge is 0.365 e. The second kappa shape index (κ2) is 7.40. The van der Waals surface area contributed by atoms with E-state index in [-0.39, 0.29) is 6.04 Å². The Morgan fingerprint density at radius 2 is 2.07 bits per heavy atom. The molecule has 1 fully saturated rings. The monoisotopic (exact) mass is 374 g/mol. The fourth-order valence-corrected chi connectivity index (χ4v) is 3.20. The molecule has 3 N–H and O–H groups in total. The summed E-state index contributed by atoms with van der Waals surface area (Å²) in [4.78, 5) is 46.2. The van der Waals surface area contributed by atoms with Gasteiger partial charge in [0, 0.05) is 12.1 Å². The Balaban J connectivity index is 1.82. The van der Waals surface area contributed by atoms with E-state index in [1.54, 1.807) is 16.9 Å². The maximum atomic E-state index is 12.4. The van der Waals surface area contributed by atoms with Gasteiger partial charge in [0.15, 0.2) is 0 Å². The van der Waals surface area contributed by atoms with Crippen LogP contribution in [-0.2, 0) is 11.3 Å². The third-order valence-corrected chi connectivity index (χ3v) is 4.47. The van der Waals surface area contributed by atoms with Gasteiger partial charge in [-0.15, -0.1) is 0 Å². The van der Waals surface area contributed by atoms with Gasteiger partial charge in [-0.1, -0.05) is 12.8 Å². The van der Waals surface area contributed by atoms with Gasteiger partial charge in [0.25, 0.3) is 17.2 Å². The second-order valence-electron chi connectivity index (χ2n) is 6.31. The minimum atomic E-state index is -1.10. The van der Waals surface area contributed by atoms with Crippen LogP contribution in [0, 0.1) is 10.1 Å². The first-order chi connectivity index (χ1) is 12.9. The van der Waals surface area contributed by atoms with Crippen molar-refractivity contribution in [1.82, 2.24) is 14.3 Å². The number of primary amides is 1. The van der Waals surface area contributed by atoms with Gasteiger partial charge >= 0.3 is 0 Å². The van der Waals surface area contributed by atoms with Crippen molar-refractivity contribution in [3.05, 3.63) is 50.6 Å². The number of nitrogens with zero attached hydrogens (tertiary/aromatic N) is 4. The van der Waals surface area contributed by atoms with Crippen LogP contribution in [0.15, 0.2) is 29.3 Å². The molecule has 0 unspecified atom stereocenters. The van der Waals surface area contributed by atoms with E-state index in [9.17, 15) is 24.5 Å². The highest BCUT2D eigenvalue weighted by molar-refractivity contribution is 5.93. The average molecular weight is 374 g/mol. The average Bonchev–Trinajstić information content (AvgIpc) is 3.27. The van der Waals surface area contributed by atoms with Gasteiger partial charge < -0.3 is 11.1 Å². The Kier molecular flexibility index (Phi) is 5.01. The Labute approximate surface area is 152 Å². The van der Waals surface area contributed by atoms with E-state index in [4.69, 9.17) is 5.73 Å². The van der Waals surface area contributed by atoms with Crippen LogP contribution in [0.4, 0.5) is 11.5 Å². The van der Waals surface area contributed by atoms with Gasteiger partial charge in [-0.3, -0.25) is 29.1 Å². The number of nitrogens with one attached hydrogen (secondary N) is 1. The van der Waals surface area contributed by atoms with E-state index in [1.807, 2.05) is 0 Å². The molecule has 0 atom stereocenters. The molecule has 11 nitrogen and oxygen atoms in total. The molecule has 2 heterocycles. The lowest BCUT2D eigenvalue weighted by molar-refractivity contribution is -0.385. The molecule has 0 aliphatic heterocycles. The zero-order chi connectivity index (χ0) is 19.6. The summed E-state index contributed by atoms with van der Waals surface area (Å²) >= 11 is 0. The number of anilines is 1. The van der Waals surface area contributed by atoms with E-state index in [0.717, 1.165) is 42.5 Å². The van der Waals surface area contributed by atoms with Gasteiger partial charge in [0.1, 0.15) is 17.9 Å². The molecule has 142 valence electrons. The van der Waals surface area contributed by atoms with Gasteiger partial charge in [-0.2, -0.15) is 5.10 Å². The van der Waals surface area contributed by atoms with Crippen molar-refractivity contribution in [2.24, 2.45) is 5.73 Å². The molecular weight excluding hydrogens is 356 g/mol. The number of pyridine rings is 1. The van der Waals surface area contributed by atoms with Crippen LogP contribution < -0.4 is 16.6 Å². The minimum Gasteiger partial charge on any atom is -0.365 e. The molecule has 0 bridgehead atoms. The van der Waals surface area contributed by atoms with Crippen LogP contribution in [0.25, 0.3) is 0 Å². The van der Waals surface area contributed by atoms with Crippen LogP contribution in [-0.4, -0.2) is 31.1 Å². The highest BCUT2D eigenvalue weighted by Crippen LogP contribution is 2.31. The summed E-state index contributed by atoms with van der Waals surface area (Å²) in [6.07, 6.45) is 6.60. The van der Waals surface area contributed by atoms with Crippen LogP contribution in [0.1, 0.15) is 42.1 Å². The first kappa shape index (κ1) is 18.3. The number of hydrogen-bond acceptors (Lipinski definition) is 6. The maximum Gasteiger partial charge on any atom is 0.286 e. The molecule has 1 aliphatic rings. The highest BCUT2D eigenvalue weighted by atomic mass is 16.6. The van der Waals surface area contributed by atoms with Crippen molar-refractivity contribution in [2.75, 3.05) is 5.32 Å². The quantitative estimate of drug-likeness (QED) is 0.563. The number of nitrogens with two attached hydrogens (primary N) is 1. The summed E-state index contributed by atoms with van der Waals surface area (Å²) < 4.78 is 2.53. The van der Waals surface area contributed by atoms with Crippen molar-refractivity contribution in [2.45, 2.75) is 38.3 Å². The van der Waals surface area contributed by atoms with E-state index in [0.29, 0.717) is 5.82 Å². The fourth-order valence-electron chi connectivity index (χ4n) is 3.20. The van der Waals surface area contributed by atoms with Crippen LogP contribution in [0.2, 0.25) is 0 Å². The first-order valence-corrected chi connectivity index (χ1v) is 8.39. The van der Waals surface area contributed by atoms with Crippen LogP contribution in [0.3, 0.4) is 0 Å². The van der Waals surface area contributed by atoms with Crippen molar-refractivity contribution >= 4 is 23.3 Å². The van der Waals surface area contributed by atoms with Crippen molar-refractivity contribution in [3.63, 3.8) is 0 Å². The Bertz CT molecular complexity index is 956. The first-order valence-electron chi connectivity index (χ1n) is 8.39. The van der Waals surface area contributed by atoms with Crippen LogP contribution in [0.5, 0.6) is 0 Å². The predicted molar refractivity (Wildman–Crippen MR) is 94.2 cm³/mol. The van der Waals surface area contributed by atoms with E-state index in [1.165, 1.54) is 0 Å². The molecule has 0 radical (unpaired) electrons.